The highest BCUT2D eigenvalue weighted by atomic mass is 35.5. The third kappa shape index (κ3) is 7.29. The second-order valence-corrected chi connectivity index (χ2v) is 7.91. The van der Waals surface area contributed by atoms with Crippen LogP contribution < -0.4 is 0 Å². The molecule has 4 heteroatoms. The van der Waals surface area contributed by atoms with Gasteiger partial charge in [-0.3, -0.25) is 0 Å². The SMILES string of the molecule is Clc1ccc(/C(CCCc2ccccc2)=N/OCCCN2CCCCC2)cc1. The van der Waals surface area contributed by atoms with Gasteiger partial charge >= 0.3 is 0 Å². The number of rotatable bonds is 10. The van der Waals surface area contributed by atoms with Gasteiger partial charge in [-0.05, 0) is 74.9 Å². The topological polar surface area (TPSA) is 24.8 Å². The molecule has 1 aliphatic heterocycles. The van der Waals surface area contributed by atoms with Crippen molar-refractivity contribution in [2.75, 3.05) is 26.2 Å². The van der Waals surface area contributed by atoms with Crippen LogP contribution in [0.2, 0.25) is 5.02 Å². The van der Waals surface area contributed by atoms with Crippen molar-refractivity contribution in [2.24, 2.45) is 5.16 Å². The summed E-state index contributed by atoms with van der Waals surface area (Å²) in [5.74, 6) is 0. The van der Waals surface area contributed by atoms with Crippen LogP contribution in [0.5, 0.6) is 0 Å². The molecule has 1 fully saturated rings. The van der Waals surface area contributed by atoms with Crippen molar-refractivity contribution >= 4 is 17.3 Å². The number of benzene rings is 2. The van der Waals surface area contributed by atoms with E-state index >= 15 is 0 Å². The van der Waals surface area contributed by atoms with E-state index in [9.17, 15) is 0 Å². The average Bonchev–Trinajstić information content (AvgIpc) is 2.74. The van der Waals surface area contributed by atoms with Gasteiger partial charge in [-0.1, -0.05) is 65.6 Å². The van der Waals surface area contributed by atoms with Crippen LogP contribution in [-0.4, -0.2) is 36.9 Å². The fourth-order valence-electron chi connectivity index (χ4n) is 3.65. The first-order chi connectivity index (χ1) is 13.8. The molecule has 0 saturated carbocycles. The van der Waals surface area contributed by atoms with Crippen LogP contribution >= 0.6 is 11.6 Å². The number of nitrogens with zero attached hydrogens (tertiary/aromatic N) is 2. The minimum atomic E-state index is 0.673. The minimum absolute atomic E-state index is 0.673. The molecule has 0 unspecified atom stereocenters. The second kappa shape index (κ2) is 11.9. The maximum atomic E-state index is 6.04. The zero-order chi connectivity index (χ0) is 19.4. The highest BCUT2D eigenvalue weighted by Gasteiger charge is 2.09. The van der Waals surface area contributed by atoms with E-state index in [0.29, 0.717) is 6.61 Å². The average molecular weight is 399 g/mol. The van der Waals surface area contributed by atoms with E-state index in [1.165, 1.54) is 37.9 Å². The molecule has 1 aliphatic rings. The monoisotopic (exact) mass is 398 g/mol. The number of hydrogen-bond acceptors (Lipinski definition) is 3. The Labute approximate surface area is 174 Å². The quantitative estimate of drug-likeness (QED) is 0.280. The lowest BCUT2D eigenvalue weighted by molar-refractivity contribution is 0.124. The van der Waals surface area contributed by atoms with Gasteiger partial charge in [-0.15, -0.1) is 0 Å². The van der Waals surface area contributed by atoms with E-state index in [4.69, 9.17) is 16.4 Å². The van der Waals surface area contributed by atoms with Gasteiger partial charge in [0.1, 0.15) is 6.61 Å². The molecule has 2 aromatic carbocycles. The van der Waals surface area contributed by atoms with E-state index in [-0.39, 0.29) is 0 Å². The first kappa shape index (κ1) is 20.9. The molecule has 0 aromatic heterocycles. The van der Waals surface area contributed by atoms with Crippen molar-refractivity contribution in [3.05, 3.63) is 70.7 Å². The molecule has 0 aliphatic carbocycles. The maximum Gasteiger partial charge on any atom is 0.118 e. The van der Waals surface area contributed by atoms with E-state index in [1.807, 2.05) is 24.3 Å². The third-order valence-electron chi connectivity index (χ3n) is 5.23. The highest BCUT2D eigenvalue weighted by Crippen LogP contribution is 2.15. The van der Waals surface area contributed by atoms with Gasteiger partial charge in [0.15, 0.2) is 0 Å². The normalized spacial score (nSPS) is 15.5. The van der Waals surface area contributed by atoms with Gasteiger partial charge in [0.2, 0.25) is 0 Å². The molecule has 0 atom stereocenters. The number of aryl methyl sites for hydroxylation is 1. The van der Waals surface area contributed by atoms with E-state index in [0.717, 1.165) is 48.5 Å². The summed E-state index contributed by atoms with van der Waals surface area (Å²) in [5.41, 5.74) is 3.46. The molecule has 28 heavy (non-hydrogen) atoms. The molecule has 0 N–H and O–H groups in total. The lowest BCUT2D eigenvalue weighted by Crippen LogP contribution is -2.31. The van der Waals surface area contributed by atoms with Crippen LogP contribution in [0.3, 0.4) is 0 Å². The van der Waals surface area contributed by atoms with Crippen LogP contribution in [0.4, 0.5) is 0 Å². The first-order valence-electron chi connectivity index (χ1n) is 10.5. The number of hydrogen-bond donors (Lipinski definition) is 0. The predicted molar refractivity (Wildman–Crippen MR) is 118 cm³/mol. The molecule has 1 heterocycles. The Bertz CT molecular complexity index is 709. The predicted octanol–water partition coefficient (Wildman–Crippen LogP) is 5.96. The number of piperidine rings is 1. The van der Waals surface area contributed by atoms with Crippen molar-refractivity contribution in [3.63, 3.8) is 0 Å². The molecular weight excluding hydrogens is 368 g/mol. The summed E-state index contributed by atoms with van der Waals surface area (Å²) >= 11 is 6.04. The maximum absolute atomic E-state index is 6.04. The van der Waals surface area contributed by atoms with E-state index in [1.54, 1.807) is 0 Å². The van der Waals surface area contributed by atoms with Gasteiger partial charge in [-0.25, -0.2) is 0 Å². The summed E-state index contributed by atoms with van der Waals surface area (Å²) in [7, 11) is 0. The first-order valence-corrected chi connectivity index (χ1v) is 10.9. The minimum Gasteiger partial charge on any atom is -0.396 e. The lowest BCUT2D eigenvalue weighted by atomic mass is 10.0. The molecule has 2 aromatic rings. The summed E-state index contributed by atoms with van der Waals surface area (Å²) in [6.45, 7) is 4.25. The standard InChI is InChI=1S/C24H31ClN2O/c25-23-15-13-22(14-16-23)24(12-7-11-21-9-3-1-4-10-21)26-28-20-8-19-27-17-5-2-6-18-27/h1,3-4,9-10,13-16H,2,5-8,11-12,17-20H2/b26-24+. The summed E-state index contributed by atoms with van der Waals surface area (Å²) in [4.78, 5) is 8.24. The summed E-state index contributed by atoms with van der Waals surface area (Å²) < 4.78 is 0. The van der Waals surface area contributed by atoms with E-state index < -0.39 is 0 Å². The molecule has 0 amide bonds. The molecule has 0 bridgehead atoms. The molecule has 3 nitrogen and oxygen atoms in total. The number of oxime groups is 1. The van der Waals surface area contributed by atoms with Gasteiger partial charge in [-0.2, -0.15) is 0 Å². The molecule has 1 saturated heterocycles. The van der Waals surface area contributed by atoms with Crippen LogP contribution in [-0.2, 0) is 11.3 Å². The Morgan fingerprint density at radius 1 is 0.929 bits per heavy atom. The Morgan fingerprint density at radius 2 is 1.68 bits per heavy atom. The number of halogens is 1. The van der Waals surface area contributed by atoms with Gasteiger partial charge in [0.05, 0.1) is 5.71 Å². The van der Waals surface area contributed by atoms with Crippen molar-refractivity contribution in [1.29, 1.82) is 0 Å². The lowest BCUT2D eigenvalue weighted by Gasteiger charge is -2.25. The van der Waals surface area contributed by atoms with Gasteiger partial charge in [0.25, 0.3) is 0 Å². The van der Waals surface area contributed by atoms with Crippen LogP contribution in [0.25, 0.3) is 0 Å². The summed E-state index contributed by atoms with van der Waals surface area (Å²) in [6, 6.07) is 18.5. The van der Waals surface area contributed by atoms with Crippen LogP contribution in [0.1, 0.15) is 49.7 Å². The fourth-order valence-corrected chi connectivity index (χ4v) is 3.77. The van der Waals surface area contributed by atoms with Gasteiger partial charge < -0.3 is 9.74 Å². The van der Waals surface area contributed by atoms with Crippen molar-refractivity contribution < 1.29 is 4.84 Å². The van der Waals surface area contributed by atoms with Crippen LogP contribution in [0.15, 0.2) is 59.8 Å². The fraction of sp³-hybridized carbons (Fsp3) is 0.458. The Morgan fingerprint density at radius 3 is 2.43 bits per heavy atom. The molecular formula is C24H31ClN2O. The van der Waals surface area contributed by atoms with Crippen molar-refractivity contribution in [1.82, 2.24) is 4.90 Å². The number of likely N-dealkylation sites (tertiary alicyclic amines) is 1. The second-order valence-electron chi connectivity index (χ2n) is 7.47. The molecule has 150 valence electrons. The smallest absolute Gasteiger partial charge is 0.118 e. The molecule has 3 rings (SSSR count). The summed E-state index contributed by atoms with van der Waals surface area (Å²) in [5, 5.41) is 5.24. The highest BCUT2D eigenvalue weighted by molar-refractivity contribution is 6.30. The Balaban J connectivity index is 1.49. The largest absolute Gasteiger partial charge is 0.396 e. The zero-order valence-electron chi connectivity index (χ0n) is 16.7. The molecule has 0 radical (unpaired) electrons. The third-order valence-corrected chi connectivity index (χ3v) is 5.48. The summed E-state index contributed by atoms with van der Waals surface area (Å²) in [6.07, 6.45) is 8.06. The van der Waals surface area contributed by atoms with E-state index in [2.05, 4.69) is 40.4 Å². The molecule has 0 spiro atoms. The van der Waals surface area contributed by atoms with Gasteiger partial charge in [0, 0.05) is 11.6 Å². The van der Waals surface area contributed by atoms with Crippen molar-refractivity contribution in [2.45, 2.75) is 44.9 Å². The Hall–Kier alpha value is -1.84. The van der Waals surface area contributed by atoms with Crippen LogP contribution in [0, 0.1) is 0 Å². The van der Waals surface area contributed by atoms with Crippen molar-refractivity contribution in [3.8, 4) is 0 Å². The Kier molecular flexibility index (Phi) is 8.86. The zero-order valence-corrected chi connectivity index (χ0v) is 17.4.